The Morgan fingerprint density at radius 3 is 2.42 bits per heavy atom. The van der Waals surface area contributed by atoms with Gasteiger partial charge in [-0.15, -0.1) is 5.10 Å². The average molecular weight is 437 g/mol. The predicted octanol–water partition coefficient (Wildman–Crippen LogP) is 3.89. The van der Waals surface area contributed by atoms with Crippen molar-refractivity contribution in [2.45, 2.75) is 18.4 Å². The number of amides is 1. The molecule has 0 radical (unpaired) electrons. The molecule has 0 unspecified atom stereocenters. The summed E-state index contributed by atoms with van der Waals surface area (Å²) in [7, 11) is 0. The van der Waals surface area contributed by atoms with Crippen molar-refractivity contribution in [1.82, 2.24) is 30.5 Å². The number of fused-ring (bicyclic) bond motifs is 1. The van der Waals surface area contributed by atoms with Crippen LogP contribution < -0.4 is 5.32 Å². The number of nitrogens with zero attached hydrogens (tertiary/aromatic N) is 4. The van der Waals surface area contributed by atoms with Gasteiger partial charge in [0.05, 0.1) is 0 Å². The molecule has 0 aliphatic carbocycles. The molecule has 0 saturated heterocycles. The number of tetrazole rings is 1. The van der Waals surface area contributed by atoms with Crippen molar-refractivity contribution in [3.63, 3.8) is 0 Å². The van der Waals surface area contributed by atoms with Gasteiger partial charge in [0.15, 0.2) is 0 Å². The number of benzene rings is 3. The van der Waals surface area contributed by atoms with Crippen LogP contribution in [0.15, 0.2) is 97.5 Å². The average Bonchev–Trinajstić information content (AvgIpc) is 3.55. The number of carbonyl (C=O) groups excluding carboxylic acids is 1. The lowest BCUT2D eigenvalue weighted by Gasteiger charge is -2.21. The zero-order valence-electron chi connectivity index (χ0n) is 18.0. The second-order valence-corrected chi connectivity index (χ2v) is 7.99. The topological polar surface area (TPSA) is 88.5 Å². The van der Waals surface area contributed by atoms with E-state index in [2.05, 4.69) is 50.1 Å². The third-order valence-electron chi connectivity index (χ3n) is 5.94. The van der Waals surface area contributed by atoms with E-state index < -0.39 is 6.04 Å². The van der Waals surface area contributed by atoms with Crippen LogP contribution in [0.4, 0.5) is 0 Å². The summed E-state index contributed by atoms with van der Waals surface area (Å²) >= 11 is 0. The molecule has 0 bridgehead atoms. The first-order valence-electron chi connectivity index (χ1n) is 10.9. The number of hydrogen-bond donors (Lipinski definition) is 2. The Kier molecular flexibility index (Phi) is 5.93. The van der Waals surface area contributed by atoms with E-state index in [1.54, 1.807) is 0 Å². The summed E-state index contributed by atoms with van der Waals surface area (Å²) in [6, 6.07) is 27.8. The molecule has 2 heterocycles. The summed E-state index contributed by atoms with van der Waals surface area (Å²) in [5.74, 6) is -0.121. The molecule has 3 aromatic carbocycles. The van der Waals surface area contributed by atoms with Crippen LogP contribution in [0.3, 0.4) is 0 Å². The second-order valence-electron chi connectivity index (χ2n) is 7.99. The van der Waals surface area contributed by atoms with Gasteiger partial charge in [-0.05, 0) is 33.2 Å². The number of rotatable bonds is 8. The normalized spacial score (nSPS) is 13.0. The summed E-state index contributed by atoms with van der Waals surface area (Å²) in [5.41, 5.74) is 4.42. The van der Waals surface area contributed by atoms with Gasteiger partial charge in [-0.1, -0.05) is 78.9 Å². The van der Waals surface area contributed by atoms with E-state index in [9.17, 15) is 4.79 Å². The number of H-pyrrole nitrogens is 1. The van der Waals surface area contributed by atoms with E-state index in [0.29, 0.717) is 13.0 Å². The van der Waals surface area contributed by atoms with E-state index in [1.807, 2.05) is 66.9 Å². The zero-order chi connectivity index (χ0) is 22.5. The van der Waals surface area contributed by atoms with Gasteiger partial charge in [0.25, 0.3) is 0 Å². The monoisotopic (exact) mass is 436 g/mol. The largest absolute Gasteiger partial charge is 0.361 e. The number of para-hydroxylation sites is 1. The van der Waals surface area contributed by atoms with E-state index in [0.717, 1.165) is 27.6 Å². The number of aromatic amines is 1. The molecule has 0 fully saturated rings. The van der Waals surface area contributed by atoms with E-state index in [1.165, 1.54) is 11.0 Å². The van der Waals surface area contributed by atoms with Crippen LogP contribution in [0.2, 0.25) is 0 Å². The molecule has 5 aromatic rings. The zero-order valence-corrected chi connectivity index (χ0v) is 18.0. The highest BCUT2D eigenvalue weighted by Gasteiger charge is 2.25. The van der Waals surface area contributed by atoms with Gasteiger partial charge in [0.1, 0.15) is 12.4 Å². The van der Waals surface area contributed by atoms with Crippen molar-refractivity contribution in [2.75, 3.05) is 6.54 Å². The Hall–Kier alpha value is -4.26. The minimum atomic E-state index is -0.540. The van der Waals surface area contributed by atoms with Gasteiger partial charge in [-0.3, -0.25) is 4.79 Å². The smallest absolute Gasteiger partial charge is 0.245 e. The van der Waals surface area contributed by atoms with Gasteiger partial charge >= 0.3 is 0 Å². The molecule has 7 heteroatoms. The Morgan fingerprint density at radius 2 is 1.67 bits per heavy atom. The van der Waals surface area contributed by atoms with Crippen molar-refractivity contribution in [1.29, 1.82) is 0 Å². The highest BCUT2D eigenvalue weighted by atomic mass is 16.2. The fraction of sp³-hybridized carbons (Fsp3) is 0.154. The first kappa shape index (κ1) is 20.6. The quantitative estimate of drug-likeness (QED) is 0.386. The summed E-state index contributed by atoms with van der Waals surface area (Å²) in [6.45, 7) is 0.456. The maximum atomic E-state index is 13.4. The van der Waals surface area contributed by atoms with E-state index in [4.69, 9.17) is 0 Å². The molecule has 0 spiro atoms. The Balaban J connectivity index is 1.41. The first-order valence-corrected chi connectivity index (χ1v) is 10.9. The van der Waals surface area contributed by atoms with Crippen LogP contribution in [0.25, 0.3) is 10.9 Å². The maximum absolute atomic E-state index is 13.4. The van der Waals surface area contributed by atoms with Crippen LogP contribution in [-0.2, 0) is 11.2 Å². The first-order chi connectivity index (χ1) is 16.3. The van der Waals surface area contributed by atoms with Crippen molar-refractivity contribution in [2.24, 2.45) is 0 Å². The van der Waals surface area contributed by atoms with Crippen LogP contribution in [0.5, 0.6) is 0 Å². The van der Waals surface area contributed by atoms with Gasteiger partial charge in [-0.2, -0.15) is 0 Å². The molecule has 0 aliphatic rings. The maximum Gasteiger partial charge on any atom is 0.245 e. The molecule has 0 aliphatic heterocycles. The molecule has 5 rings (SSSR count). The summed E-state index contributed by atoms with van der Waals surface area (Å²) in [5, 5.41) is 15.8. The molecule has 0 saturated carbocycles. The molecule has 2 N–H and O–H groups in total. The number of aromatic nitrogens is 5. The minimum absolute atomic E-state index is 0.00227. The third kappa shape index (κ3) is 4.52. The van der Waals surface area contributed by atoms with E-state index in [-0.39, 0.29) is 11.8 Å². The van der Waals surface area contributed by atoms with Crippen molar-refractivity contribution < 1.29 is 4.79 Å². The van der Waals surface area contributed by atoms with Gasteiger partial charge < -0.3 is 10.3 Å². The molecule has 33 heavy (non-hydrogen) atoms. The Labute approximate surface area is 191 Å². The van der Waals surface area contributed by atoms with Gasteiger partial charge in [0.2, 0.25) is 5.91 Å². The predicted molar refractivity (Wildman–Crippen MR) is 127 cm³/mol. The van der Waals surface area contributed by atoms with Crippen LogP contribution in [0, 0.1) is 0 Å². The van der Waals surface area contributed by atoms with Crippen molar-refractivity contribution >= 4 is 16.8 Å². The SMILES string of the molecule is O=C(NC[C@@H](c1ccccc1)c1c[nH]c2ccccc12)[C@H](Cc1ccccc1)n1cnnn1. The number of carbonyl (C=O) groups is 1. The summed E-state index contributed by atoms with van der Waals surface area (Å²) in [4.78, 5) is 16.7. The fourth-order valence-corrected chi connectivity index (χ4v) is 4.25. The van der Waals surface area contributed by atoms with Gasteiger partial charge in [0, 0.05) is 36.0 Å². The third-order valence-corrected chi connectivity index (χ3v) is 5.94. The molecule has 7 nitrogen and oxygen atoms in total. The minimum Gasteiger partial charge on any atom is -0.361 e. The number of hydrogen-bond acceptors (Lipinski definition) is 4. The highest BCUT2D eigenvalue weighted by molar-refractivity contribution is 5.84. The lowest BCUT2D eigenvalue weighted by molar-refractivity contribution is -0.124. The van der Waals surface area contributed by atoms with Gasteiger partial charge in [-0.25, -0.2) is 4.68 Å². The Morgan fingerprint density at radius 1 is 0.939 bits per heavy atom. The standard InChI is InChI=1S/C26H24N6O/c33-26(25(32-18-29-30-31-32)15-19-9-3-1-4-10-19)28-16-22(20-11-5-2-6-12-20)23-17-27-24-14-8-7-13-21(23)24/h1-14,17-18,22,25,27H,15-16H2,(H,28,33)/t22-,25-/m0/s1. The molecule has 2 atom stereocenters. The Bertz CT molecular complexity index is 1310. The fourth-order valence-electron chi connectivity index (χ4n) is 4.25. The van der Waals surface area contributed by atoms with Crippen molar-refractivity contribution in [3.8, 4) is 0 Å². The lowest BCUT2D eigenvalue weighted by Crippen LogP contribution is -2.36. The summed E-state index contributed by atoms with van der Waals surface area (Å²) in [6.07, 6.45) is 4.03. The molecule has 1 amide bonds. The van der Waals surface area contributed by atoms with E-state index >= 15 is 0 Å². The highest BCUT2D eigenvalue weighted by Crippen LogP contribution is 2.30. The van der Waals surface area contributed by atoms with Crippen LogP contribution >= 0.6 is 0 Å². The van der Waals surface area contributed by atoms with Crippen molar-refractivity contribution in [3.05, 3.63) is 114 Å². The molecular weight excluding hydrogens is 412 g/mol. The lowest BCUT2D eigenvalue weighted by atomic mass is 9.90. The summed E-state index contributed by atoms with van der Waals surface area (Å²) < 4.78 is 1.52. The van der Waals surface area contributed by atoms with Crippen LogP contribution in [-0.4, -0.2) is 37.6 Å². The molecule has 164 valence electrons. The molecular formula is C26H24N6O. The van der Waals surface area contributed by atoms with Crippen LogP contribution in [0.1, 0.15) is 28.7 Å². The number of nitrogens with one attached hydrogen (secondary N) is 2. The second kappa shape index (κ2) is 9.48. The molecule has 2 aromatic heterocycles.